The second kappa shape index (κ2) is 4.49. The van der Waals surface area contributed by atoms with Crippen molar-refractivity contribution in [2.75, 3.05) is 12.8 Å². The van der Waals surface area contributed by atoms with E-state index in [2.05, 4.69) is 9.72 Å². The molecule has 2 aromatic rings. The molecule has 2 aromatic heterocycles. The van der Waals surface area contributed by atoms with Gasteiger partial charge in [0.2, 0.25) is 0 Å². The van der Waals surface area contributed by atoms with Crippen LogP contribution in [0.1, 0.15) is 9.67 Å². The minimum Gasteiger partial charge on any atom is -0.465 e. The number of aromatic amines is 1. The highest BCUT2D eigenvalue weighted by molar-refractivity contribution is 7.13. The molecule has 0 saturated heterocycles. The first-order chi connectivity index (χ1) is 8.54. The molecule has 0 aliphatic rings. The monoisotopic (exact) mass is 267 g/mol. The molecule has 8 heteroatoms. The second-order valence-corrected chi connectivity index (χ2v) is 4.22. The predicted octanol–water partition coefficient (Wildman–Crippen LogP) is -0.0439. The van der Waals surface area contributed by atoms with Crippen molar-refractivity contribution in [2.45, 2.75) is 0 Å². The van der Waals surface area contributed by atoms with Crippen molar-refractivity contribution in [3.05, 3.63) is 43.4 Å². The van der Waals surface area contributed by atoms with Gasteiger partial charge in [-0.1, -0.05) is 0 Å². The number of ether oxygens (including phenoxy) is 1. The molecule has 0 aliphatic carbocycles. The fourth-order valence-electron chi connectivity index (χ4n) is 1.44. The number of aromatic nitrogens is 2. The third-order valence-electron chi connectivity index (χ3n) is 2.23. The van der Waals surface area contributed by atoms with Crippen LogP contribution in [0.4, 0.5) is 5.69 Å². The van der Waals surface area contributed by atoms with Gasteiger partial charge in [-0.15, -0.1) is 11.3 Å². The first-order valence-corrected chi connectivity index (χ1v) is 5.70. The number of rotatable bonds is 2. The Hall–Kier alpha value is -2.35. The van der Waals surface area contributed by atoms with Crippen molar-refractivity contribution in [2.24, 2.45) is 0 Å². The molecule has 0 fully saturated rings. The van der Waals surface area contributed by atoms with Crippen LogP contribution in [0.5, 0.6) is 0 Å². The van der Waals surface area contributed by atoms with E-state index >= 15 is 0 Å². The number of hydrogen-bond donors (Lipinski definition) is 2. The third kappa shape index (κ3) is 1.93. The molecule has 0 amide bonds. The average Bonchev–Trinajstić information content (AvgIpc) is 2.70. The van der Waals surface area contributed by atoms with E-state index in [1.165, 1.54) is 24.8 Å². The van der Waals surface area contributed by atoms with E-state index in [4.69, 9.17) is 5.73 Å². The van der Waals surface area contributed by atoms with E-state index in [0.29, 0.717) is 0 Å². The highest BCUT2D eigenvalue weighted by Gasteiger charge is 2.19. The number of carbonyl (C=O) groups is 1. The van der Waals surface area contributed by atoms with Crippen molar-refractivity contribution >= 4 is 23.0 Å². The number of nitrogens with two attached hydrogens (primary N) is 1. The molecule has 0 aromatic carbocycles. The number of esters is 1. The summed E-state index contributed by atoms with van der Waals surface area (Å²) in [4.78, 5) is 36.5. The number of anilines is 1. The van der Waals surface area contributed by atoms with Gasteiger partial charge in [0.15, 0.2) is 0 Å². The van der Waals surface area contributed by atoms with Crippen LogP contribution in [0.15, 0.2) is 27.2 Å². The van der Waals surface area contributed by atoms with Crippen LogP contribution in [-0.2, 0) is 4.74 Å². The number of carbonyl (C=O) groups excluding carboxylic acids is 1. The quantitative estimate of drug-likeness (QED) is 0.742. The van der Waals surface area contributed by atoms with Gasteiger partial charge < -0.3 is 10.5 Å². The molecular weight excluding hydrogens is 258 g/mol. The van der Waals surface area contributed by atoms with Gasteiger partial charge in [-0.25, -0.2) is 9.59 Å². The largest absolute Gasteiger partial charge is 0.465 e. The molecule has 7 nitrogen and oxygen atoms in total. The number of thiophene rings is 1. The molecule has 18 heavy (non-hydrogen) atoms. The summed E-state index contributed by atoms with van der Waals surface area (Å²) in [6, 6.07) is 1.17. The molecule has 0 aliphatic heterocycles. The molecule has 94 valence electrons. The van der Waals surface area contributed by atoms with Crippen molar-refractivity contribution < 1.29 is 9.53 Å². The fourth-order valence-corrected chi connectivity index (χ4v) is 2.31. The van der Waals surface area contributed by atoms with Gasteiger partial charge in [0.1, 0.15) is 4.88 Å². The van der Waals surface area contributed by atoms with Gasteiger partial charge in [0.05, 0.1) is 18.5 Å². The Morgan fingerprint density at radius 1 is 1.50 bits per heavy atom. The van der Waals surface area contributed by atoms with E-state index in [-0.39, 0.29) is 16.3 Å². The maximum absolute atomic E-state index is 11.7. The molecule has 2 heterocycles. The van der Waals surface area contributed by atoms with Crippen LogP contribution in [0, 0.1) is 0 Å². The van der Waals surface area contributed by atoms with Crippen molar-refractivity contribution in [1.29, 1.82) is 0 Å². The van der Waals surface area contributed by atoms with E-state index < -0.39 is 17.2 Å². The standard InChI is InChI=1S/C10H9N3O4S/c1-17-9(15)8-7(5(11)4-18-8)13-3-2-6(14)12-10(13)16/h2-4H,11H2,1H3,(H,12,14,16). The van der Waals surface area contributed by atoms with E-state index in [1.807, 2.05) is 0 Å². The summed E-state index contributed by atoms with van der Waals surface area (Å²) in [6.45, 7) is 0. The molecule has 0 atom stereocenters. The van der Waals surface area contributed by atoms with Crippen molar-refractivity contribution in [1.82, 2.24) is 9.55 Å². The van der Waals surface area contributed by atoms with Crippen LogP contribution in [0.2, 0.25) is 0 Å². The Bertz CT molecular complexity index is 712. The summed E-state index contributed by atoms with van der Waals surface area (Å²) in [6.07, 6.45) is 1.26. The molecule has 0 saturated carbocycles. The maximum atomic E-state index is 11.7. The normalized spacial score (nSPS) is 10.3. The van der Waals surface area contributed by atoms with Crippen LogP contribution in [0.3, 0.4) is 0 Å². The van der Waals surface area contributed by atoms with E-state index in [1.54, 1.807) is 0 Å². The highest BCUT2D eigenvalue weighted by Crippen LogP contribution is 2.28. The number of nitrogens with one attached hydrogen (secondary N) is 1. The molecule has 3 N–H and O–H groups in total. The Morgan fingerprint density at radius 3 is 2.83 bits per heavy atom. The molecule has 0 spiro atoms. The zero-order valence-electron chi connectivity index (χ0n) is 9.30. The molecular formula is C10H9N3O4S. The molecule has 2 rings (SSSR count). The van der Waals surface area contributed by atoms with Gasteiger partial charge >= 0.3 is 11.7 Å². The number of nitrogen functional groups attached to an aromatic ring is 1. The Morgan fingerprint density at radius 2 is 2.22 bits per heavy atom. The van der Waals surface area contributed by atoms with E-state index in [9.17, 15) is 14.4 Å². The highest BCUT2D eigenvalue weighted by atomic mass is 32.1. The van der Waals surface area contributed by atoms with Crippen molar-refractivity contribution in [3.63, 3.8) is 0 Å². The van der Waals surface area contributed by atoms with Gasteiger partial charge in [-0.3, -0.25) is 14.3 Å². The Labute approximate surface area is 104 Å². The van der Waals surface area contributed by atoms with Crippen LogP contribution in [-0.4, -0.2) is 22.6 Å². The minimum atomic E-state index is -0.669. The first-order valence-electron chi connectivity index (χ1n) is 4.82. The van der Waals surface area contributed by atoms with Crippen LogP contribution < -0.4 is 17.0 Å². The van der Waals surface area contributed by atoms with Gasteiger partial charge in [0.25, 0.3) is 5.56 Å². The SMILES string of the molecule is COC(=O)c1scc(N)c1-n1ccc(=O)[nH]c1=O. The second-order valence-electron chi connectivity index (χ2n) is 3.34. The summed E-state index contributed by atoms with van der Waals surface area (Å²) in [7, 11) is 1.23. The predicted molar refractivity (Wildman–Crippen MR) is 66.3 cm³/mol. The summed E-state index contributed by atoms with van der Waals surface area (Å²) in [5, 5.41) is 1.53. The van der Waals surface area contributed by atoms with Crippen molar-refractivity contribution in [3.8, 4) is 5.69 Å². The zero-order valence-corrected chi connectivity index (χ0v) is 10.1. The van der Waals surface area contributed by atoms with Gasteiger partial charge in [0, 0.05) is 17.6 Å². The lowest BCUT2D eigenvalue weighted by molar-refractivity contribution is 0.0606. The van der Waals surface area contributed by atoms with Gasteiger partial charge in [-0.2, -0.15) is 0 Å². The number of nitrogens with zero attached hydrogens (tertiary/aromatic N) is 1. The van der Waals surface area contributed by atoms with Crippen LogP contribution >= 0.6 is 11.3 Å². The Balaban J connectivity index is 2.71. The minimum absolute atomic E-state index is 0.198. The average molecular weight is 267 g/mol. The summed E-state index contributed by atoms with van der Waals surface area (Å²) in [5.74, 6) is -0.593. The zero-order chi connectivity index (χ0) is 13.3. The first kappa shape index (κ1) is 12.1. The summed E-state index contributed by atoms with van der Waals surface area (Å²) in [5.41, 5.74) is 5.01. The number of methoxy groups -OCH3 is 1. The molecule has 0 bridgehead atoms. The Kier molecular flexibility index (Phi) is 3.02. The lowest BCUT2D eigenvalue weighted by atomic mass is 10.3. The summed E-state index contributed by atoms with van der Waals surface area (Å²) < 4.78 is 5.70. The number of hydrogen-bond acceptors (Lipinski definition) is 6. The lowest BCUT2D eigenvalue weighted by Gasteiger charge is -2.06. The van der Waals surface area contributed by atoms with E-state index in [0.717, 1.165) is 15.9 Å². The molecule has 0 radical (unpaired) electrons. The molecule has 0 unspecified atom stereocenters. The summed E-state index contributed by atoms with van der Waals surface area (Å²) >= 11 is 1.07. The van der Waals surface area contributed by atoms with Gasteiger partial charge in [-0.05, 0) is 0 Å². The number of H-pyrrole nitrogens is 1. The van der Waals surface area contributed by atoms with Crippen LogP contribution in [0.25, 0.3) is 5.69 Å². The topological polar surface area (TPSA) is 107 Å². The lowest BCUT2D eigenvalue weighted by Crippen LogP contribution is -2.28. The third-order valence-corrected chi connectivity index (χ3v) is 3.20. The smallest absolute Gasteiger partial charge is 0.350 e. The fraction of sp³-hybridized carbons (Fsp3) is 0.100. The maximum Gasteiger partial charge on any atom is 0.350 e.